The van der Waals surface area contributed by atoms with E-state index in [1.165, 1.54) is 0 Å². The van der Waals surface area contributed by atoms with Gasteiger partial charge in [-0.2, -0.15) is 0 Å². The summed E-state index contributed by atoms with van der Waals surface area (Å²) in [5.41, 5.74) is 3.24. The number of nitrogens with zero attached hydrogens (tertiary/aromatic N) is 1. The molecule has 19 heavy (non-hydrogen) atoms. The maximum atomic E-state index is 12.2. The Labute approximate surface area is 112 Å². The zero-order chi connectivity index (χ0) is 13.7. The number of pyridine rings is 1. The van der Waals surface area contributed by atoms with Crippen molar-refractivity contribution in [3.63, 3.8) is 0 Å². The Morgan fingerprint density at radius 3 is 2.89 bits per heavy atom. The van der Waals surface area contributed by atoms with Crippen molar-refractivity contribution in [3.8, 4) is 0 Å². The summed E-state index contributed by atoms with van der Waals surface area (Å²) in [4.78, 5) is 16.2. The van der Waals surface area contributed by atoms with Gasteiger partial charge in [-0.1, -0.05) is 12.1 Å². The molecule has 0 radical (unpaired) electrons. The van der Waals surface area contributed by atoms with E-state index in [-0.39, 0.29) is 5.91 Å². The van der Waals surface area contributed by atoms with Gasteiger partial charge in [0.25, 0.3) is 5.91 Å². The first kappa shape index (κ1) is 13.1. The first-order valence-electron chi connectivity index (χ1n) is 6.26. The zero-order valence-corrected chi connectivity index (χ0v) is 11.1. The number of carbonyl (C=O) groups excluding carboxylic acids is 1. The van der Waals surface area contributed by atoms with Gasteiger partial charge in [-0.3, -0.25) is 9.78 Å². The van der Waals surface area contributed by atoms with E-state index in [2.05, 4.69) is 15.6 Å². The smallest absolute Gasteiger partial charge is 0.259 e. The molecule has 0 aliphatic carbocycles. The molecule has 2 aromatic rings. The standard InChI is InChI=1S/C15H17N3O/c1-3-17-14-7-8-16-10-13(14)15(19)18-12-6-4-5-11(2)9-12/h4-10H,3H2,1-2H3,(H,16,17)(H,18,19). The van der Waals surface area contributed by atoms with Crippen LogP contribution in [0.5, 0.6) is 0 Å². The molecular formula is C15H17N3O. The molecule has 0 aliphatic heterocycles. The zero-order valence-electron chi connectivity index (χ0n) is 11.1. The minimum absolute atomic E-state index is 0.158. The van der Waals surface area contributed by atoms with Crippen molar-refractivity contribution >= 4 is 17.3 Å². The van der Waals surface area contributed by atoms with Crippen LogP contribution in [0.15, 0.2) is 42.7 Å². The number of amides is 1. The van der Waals surface area contributed by atoms with Crippen LogP contribution in [0, 0.1) is 6.92 Å². The largest absolute Gasteiger partial charge is 0.385 e. The summed E-state index contributed by atoms with van der Waals surface area (Å²) >= 11 is 0. The molecule has 1 aromatic heterocycles. The highest BCUT2D eigenvalue weighted by Gasteiger charge is 2.11. The average molecular weight is 255 g/mol. The number of hydrogen-bond donors (Lipinski definition) is 2. The van der Waals surface area contributed by atoms with Gasteiger partial charge in [-0.05, 0) is 37.6 Å². The third kappa shape index (κ3) is 3.31. The molecular weight excluding hydrogens is 238 g/mol. The van der Waals surface area contributed by atoms with Crippen LogP contribution in [-0.4, -0.2) is 17.4 Å². The quantitative estimate of drug-likeness (QED) is 0.882. The van der Waals surface area contributed by atoms with Crippen LogP contribution in [0.3, 0.4) is 0 Å². The molecule has 0 bridgehead atoms. The number of aromatic nitrogens is 1. The molecule has 1 heterocycles. The Morgan fingerprint density at radius 2 is 2.16 bits per heavy atom. The van der Waals surface area contributed by atoms with Crippen molar-refractivity contribution in [1.82, 2.24) is 4.98 Å². The predicted molar refractivity (Wildman–Crippen MR) is 77.5 cm³/mol. The topological polar surface area (TPSA) is 54.0 Å². The van der Waals surface area contributed by atoms with Gasteiger partial charge in [-0.15, -0.1) is 0 Å². The van der Waals surface area contributed by atoms with Crippen LogP contribution >= 0.6 is 0 Å². The normalized spacial score (nSPS) is 10.0. The molecule has 4 nitrogen and oxygen atoms in total. The lowest BCUT2D eigenvalue weighted by Crippen LogP contribution is -2.15. The highest BCUT2D eigenvalue weighted by molar-refractivity contribution is 6.07. The Kier molecular flexibility index (Phi) is 4.13. The van der Waals surface area contributed by atoms with Gasteiger partial charge >= 0.3 is 0 Å². The maximum Gasteiger partial charge on any atom is 0.259 e. The summed E-state index contributed by atoms with van der Waals surface area (Å²) in [6, 6.07) is 9.51. The van der Waals surface area contributed by atoms with Crippen molar-refractivity contribution < 1.29 is 4.79 Å². The van der Waals surface area contributed by atoms with Crippen molar-refractivity contribution in [2.45, 2.75) is 13.8 Å². The van der Waals surface area contributed by atoms with Crippen molar-refractivity contribution in [3.05, 3.63) is 53.9 Å². The fourth-order valence-corrected chi connectivity index (χ4v) is 1.84. The van der Waals surface area contributed by atoms with Gasteiger partial charge < -0.3 is 10.6 Å². The van der Waals surface area contributed by atoms with Crippen LogP contribution in [0.2, 0.25) is 0 Å². The van der Waals surface area contributed by atoms with E-state index in [1.807, 2.05) is 38.1 Å². The number of aryl methyl sites for hydroxylation is 1. The van der Waals surface area contributed by atoms with Crippen LogP contribution in [0.4, 0.5) is 11.4 Å². The molecule has 98 valence electrons. The van der Waals surface area contributed by atoms with Crippen LogP contribution in [0.25, 0.3) is 0 Å². The Bertz CT molecular complexity index is 581. The van der Waals surface area contributed by atoms with Gasteiger partial charge in [0.05, 0.1) is 11.3 Å². The summed E-state index contributed by atoms with van der Waals surface area (Å²) in [5, 5.41) is 6.03. The van der Waals surface area contributed by atoms with E-state index in [0.29, 0.717) is 5.56 Å². The molecule has 0 saturated carbocycles. The lowest BCUT2D eigenvalue weighted by molar-refractivity contribution is 0.102. The fourth-order valence-electron chi connectivity index (χ4n) is 1.84. The van der Waals surface area contributed by atoms with Crippen LogP contribution in [-0.2, 0) is 0 Å². The van der Waals surface area contributed by atoms with Gasteiger partial charge in [0.2, 0.25) is 0 Å². The number of carbonyl (C=O) groups is 1. The average Bonchev–Trinajstić information content (AvgIpc) is 2.39. The van der Waals surface area contributed by atoms with Crippen molar-refractivity contribution in [2.75, 3.05) is 17.2 Å². The Morgan fingerprint density at radius 1 is 1.32 bits per heavy atom. The predicted octanol–water partition coefficient (Wildman–Crippen LogP) is 3.07. The first-order chi connectivity index (χ1) is 9.20. The second-order valence-electron chi connectivity index (χ2n) is 4.28. The second-order valence-corrected chi connectivity index (χ2v) is 4.28. The Hall–Kier alpha value is -2.36. The minimum Gasteiger partial charge on any atom is -0.385 e. The van der Waals surface area contributed by atoms with E-state index in [0.717, 1.165) is 23.5 Å². The molecule has 2 N–H and O–H groups in total. The highest BCUT2D eigenvalue weighted by atomic mass is 16.1. The second kappa shape index (κ2) is 6.00. The van der Waals surface area contributed by atoms with Crippen LogP contribution in [0.1, 0.15) is 22.8 Å². The fraction of sp³-hybridized carbons (Fsp3) is 0.200. The van der Waals surface area contributed by atoms with E-state index in [9.17, 15) is 4.79 Å². The molecule has 0 unspecified atom stereocenters. The van der Waals surface area contributed by atoms with Crippen LogP contribution < -0.4 is 10.6 Å². The summed E-state index contributed by atoms with van der Waals surface area (Å²) in [6.07, 6.45) is 3.24. The number of hydrogen-bond acceptors (Lipinski definition) is 3. The summed E-state index contributed by atoms with van der Waals surface area (Å²) < 4.78 is 0. The van der Waals surface area contributed by atoms with E-state index < -0.39 is 0 Å². The van der Waals surface area contributed by atoms with E-state index in [1.54, 1.807) is 18.5 Å². The molecule has 0 spiro atoms. The monoisotopic (exact) mass is 255 g/mol. The molecule has 2 rings (SSSR count). The summed E-state index contributed by atoms with van der Waals surface area (Å²) in [7, 11) is 0. The van der Waals surface area contributed by atoms with Crippen molar-refractivity contribution in [1.29, 1.82) is 0 Å². The third-order valence-electron chi connectivity index (χ3n) is 2.71. The van der Waals surface area contributed by atoms with E-state index in [4.69, 9.17) is 0 Å². The van der Waals surface area contributed by atoms with E-state index >= 15 is 0 Å². The lowest BCUT2D eigenvalue weighted by Gasteiger charge is -2.10. The van der Waals surface area contributed by atoms with Gasteiger partial charge in [-0.25, -0.2) is 0 Å². The number of anilines is 2. The summed E-state index contributed by atoms with van der Waals surface area (Å²) in [5.74, 6) is -0.158. The van der Waals surface area contributed by atoms with Gasteiger partial charge in [0, 0.05) is 24.6 Å². The molecule has 1 aromatic carbocycles. The maximum absolute atomic E-state index is 12.2. The molecule has 0 aliphatic rings. The number of benzene rings is 1. The SMILES string of the molecule is CCNc1ccncc1C(=O)Nc1cccc(C)c1. The molecule has 4 heteroatoms. The third-order valence-corrected chi connectivity index (χ3v) is 2.71. The first-order valence-corrected chi connectivity index (χ1v) is 6.26. The molecule has 0 saturated heterocycles. The number of rotatable bonds is 4. The molecule has 0 fully saturated rings. The molecule has 1 amide bonds. The van der Waals surface area contributed by atoms with Gasteiger partial charge in [0.1, 0.15) is 0 Å². The lowest BCUT2D eigenvalue weighted by atomic mass is 10.2. The summed E-state index contributed by atoms with van der Waals surface area (Å²) in [6.45, 7) is 4.74. The number of nitrogens with one attached hydrogen (secondary N) is 2. The highest BCUT2D eigenvalue weighted by Crippen LogP contribution is 2.16. The van der Waals surface area contributed by atoms with Gasteiger partial charge in [0.15, 0.2) is 0 Å². The molecule has 0 atom stereocenters. The minimum atomic E-state index is -0.158. The van der Waals surface area contributed by atoms with Crippen molar-refractivity contribution in [2.24, 2.45) is 0 Å². The Balaban J connectivity index is 2.20.